The molecule has 0 radical (unpaired) electrons. The highest BCUT2D eigenvalue weighted by Crippen LogP contribution is 2.25. The van der Waals surface area contributed by atoms with Crippen LogP contribution in [-0.2, 0) is 7.05 Å². The third-order valence-corrected chi connectivity index (χ3v) is 3.12. The number of anilines is 2. The first kappa shape index (κ1) is 13.9. The van der Waals surface area contributed by atoms with Gasteiger partial charge in [0, 0.05) is 17.3 Å². The van der Waals surface area contributed by atoms with Crippen molar-refractivity contribution in [3.8, 4) is 17.3 Å². The molecule has 1 N–H and O–H groups in total. The number of ether oxygens (including phenoxy) is 1. The van der Waals surface area contributed by atoms with E-state index in [1.54, 1.807) is 26.3 Å². The van der Waals surface area contributed by atoms with Crippen LogP contribution in [0.15, 0.2) is 30.3 Å². The van der Waals surface area contributed by atoms with E-state index < -0.39 is 0 Å². The Morgan fingerprint density at radius 2 is 1.95 bits per heavy atom. The maximum absolute atomic E-state index is 5.00. The summed E-state index contributed by atoms with van der Waals surface area (Å²) in [6, 6.07) is 9.46. The highest BCUT2D eigenvalue weighted by Gasteiger charge is 2.08. The third-order valence-electron chi connectivity index (χ3n) is 3.12. The van der Waals surface area contributed by atoms with Crippen LogP contribution in [0.5, 0.6) is 5.88 Å². The Hall–Kier alpha value is -3.03. The Morgan fingerprint density at radius 3 is 2.59 bits per heavy atom. The van der Waals surface area contributed by atoms with Gasteiger partial charge in [-0.1, -0.05) is 12.1 Å². The van der Waals surface area contributed by atoms with E-state index in [4.69, 9.17) is 4.74 Å². The molecule has 0 amide bonds. The molecular formula is C14H15N7O. The van der Waals surface area contributed by atoms with Gasteiger partial charge in [0.05, 0.1) is 14.2 Å². The van der Waals surface area contributed by atoms with Crippen molar-refractivity contribution in [3.63, 3.8) is 0 Å². The fourth-order valence-electron chi connectivity index (χ4n) is 1.93. The summed E-state index contributed by atoms with van der Waals surface area (Å²) in [7, 11) is 3.29. The van der Waals surface area contributed by atoms with Gasteiger partial charge in [-0.2, -0.15) is 4.80 Å². The molecule has 1 aromatic carbocycles. The highest BCUT2D eigenvalue weighted by atomic mass is 16.5. The van der Waals surface area contributed by atoms with Gasteiger partial charge in [-0.05, 0) is 29.8 Å². The van der Waals surface area contributed by atoms with Crippen LogP contribution in [0.25, 0.3) is 11.4 Å². The average molecular weight is 297 g/mol. The molecular weight excluding hydrogens is 282 g/mol. The molecule has 0 spiro atoms. The molecule has 8 heteroatoms. The molecule has 2 heterocycles. The van der Waals surface area contributed by atoms with Crippen LogP contribution in [0, 0.1) is 6.92 Å². The molecule has 112 valence electrons. The first-order valence-electron chi connectivity index (χ1n) is 6.65. The molecule has 0 aliphatic carbocycles. The van der Waals surface area contributed by atoms with Gasteiger partial charge in [0.25, 0.3) is 0 Å². The van der Waals surface area contributed by atoms with E-state index in [1.807, 2.05) is 25.1 Å². The van der Waals surface area contributed by atoms with Crippen LogP contribution >= 0.6 is 0 Å². The van der Waals surface area contributed by atoms with Crippen molar-refractivity contribution in [1.82, 2.24) is 30.4 Å². The van der Waals surface area contributed by atoms with Crippen LogP contribution in [0.1, 0.15) is 5.56 Å². The summed E-state index contributed by atoms with van der Waals surface area (Å²) >= 11 is 0. The zero-order valence-corrected chi connectivity index (χ0v) is 12.5. The first-order chi connectivity index (χ1) is 10.7. The van der Waals surface area contributed by atoms with Crippen LogP contribution in [0.4, 0.5) is 11.5 Å². The van der Waals surface area contributed by atoms with E-state index in [9.17, 15) is 0 Å². The molecule has 22 heavy (non-hydrogen) atoms. The summed E-state index contributed by atoms with van der Waals surface area (Å²) in [5.74, 6) is 1.68. The van der Waals surface area contributed by atoms with Crippen molar-refractivity contribution in [2.75, 3.05) is 12.4 Å². The summed E-state index contributed by atoms with van der Waals surface area (Å²) in [5.41, 5.74) is 2.86. The predicted molar refractivity (Wildman–Crippen MR) is 80.8 cm³/mol. The quantitative estimate of drug-likeness (QED) is 0.784. The summed E-state index contributed by atoms with van der Waals surface area (Å²) in [6.07, 6.45) is 0. The Bertz CT molecular complexity index is 782. The lowest BCUT2D eigenvalue weighted by atomic mass is 10.1. The van der Waals surface area contributed by atoms with Gasteiger partial charge in [0.1, 0.15) is 0 Å². The predicted octanol–water partition coefficient (Wildman–Crippen LogP) is 1.73. The molecule has 0 unspecified atom stereocenters. The van der Waals surface area contributed by atoms with Crippen molar-refractivity contribution in [2.24, 2.45) is 7.05 Å². The van der Waals surface area contributed by atoms with Crippen LogP contribution in [0.2, 0.25) is 0 Å². The maximum Gasteiger partial charge on any atom is 0.233 e. The van der Waals surface area contributed by atoms with E-state index in [0.717, 1.165) is 16.8 Å². The van der Waals surface area contributed by atoms with Crippen LogP contribution in [0.3, 0.4) is 0 Å². The zero-order valence-electron chi connectivity index (χ0n) is 12.5. The van der Waals surface area contributed by atoms with E-state index >= 15 is 0 Å². The van der Waals surface area contributed by atoms with E-state index in [1.165, 1.54) is 4.80 Å². The first-order valence-corrected chi connectivity index (χ1v) is 6.65. The van der Waals surface area contributed by atoms with Gasteiger partial charge < -0.3 is 10.1 Å². The van der Waals surface area contributed by atoms with Crippen molar-refractivity contribution in [3.05, 3.63) is 35.9 Å². The standard InChI is InChI=1S/C14H15N7O/c1-9-4-5-10(14-18-20-21(2)19-14)8-11(9)15-12-6-7-13(22-3)17-16-12/h4-8H,1-3H3,(H,15,16). The Balaban J connectivity index is 1.89. The molecule has 3 aromatic rings. The van der Waals surface area contributed by atoms with Crippen molar-refractivity contribution in [1.29, 1.82) is 0 Å². The number of benzene rings is 1. The summed E-state index contributed by atoms with van der Waals surface area (Å²) < 4.78 is 5.00. The molecule has 0 saturated heterocycles. The van der Waals surface area contributed by atoms with Gasteiger partial charge in [-0.15, -0.1) is 20.4 Å². The molecule has 3 rings (SSSR count). The molecule has 2 aromatic heterocycles. The molecule has 0 saturated carbocycles. The number of nitrogens with one attached hydrogen (secondary N) is 1. The number of aryl methyl sites for hydroxylation is 2. The SMILES string of the molecule is COc1ccc(Nc2cc(-c3nnn(C)n3)ccc2C)nn1. The fourth-order valence-corrected chi connectivity index (χ4v) is 1.93. The monoisotopic (exact) mass is 297 g/mol. The number of nitrogens with zero attached hydrogens (tertiary/aromatic N) is 6. The van der Waals surface area contributed by atoms with Crippen molar-refractivity contribution < 1.29 is 4.74 Å². The third kappa shape index (κ3) is 2.85. The molecule has 8 nitrogen and oxygen atoms in total. The largest absolute Gasteiger partial charge is 0.480 e. The van der Waals surface area contributed by atoms with E-state index in [-0.39, 0.29) is 0 Å². The fraction of sp³-hybridized carbons (Fsp3) is 0.214. The number of tetrazole rings is 1. The number of hydrogen-bond acceptors (Lipinski definition) is 7. The molecule has 0 atom stereocenters. The zero-order chi connectivity index (χ0) is 15.5. The summed E-state index contributed by atoms with van der Waals surface area (Å²) in [6.45, 7) is 2.01. The highest BCUT2D eigenvalue weighted by molar-refractivity contribution is 5.68. The number of methoxy groups -OCH3 is 1. The normalized spacial score (nSPS) is 10.5. The van der Waals surface area contributed by atoms with Crippen molar-refractivity contribution in [2.45, 2.75) is 6.92 Å². The molecule has 0 aliphatic rings. The number of hydrogen-bond donors (Lipinski definition) is 1. The van der Waals surface area contributed by atoms with Gasteiger partial charge in [0.2, 0.25) is 11.7 Å². The topological polar surface area (TPSA) is 90.6 Å². The second-order valence-electron chi connectivity index (χ2n) is 4.72. The van der Waals surface area contributed by atoms with Gasteiger partial charge in [0.15, 0.2) is 5.82 Å². The molecule has 0 fully saturated rings. The van der Waals surface area contributed by atoms with Gasteiger partial charge >= 0.3 is 0 Å². The lowest BCUT2D eigenvalue weighted by molar-refractivity contribution is 0.392. The lowest BCUT2D eigenvalue weighted by Gasteiger charge is -2.09. The lowest BCUT2D eigenvalue weighted by Crippen LogP contribution is -1.99. The number of aromatic nitrogens is 6. The van der Waals surface area contributed by atoms with E-state index in [0.29, 0.717) is 17.5 Å². The minimum absolute atomic E-state index is 0.472. The minimum Gasteiger partial charge on any atom is -0.480 e. The van der Waals surface area contributed by atoms with Crippen LogP contribution in [-0.4, -0.2) is 37.5 Å². The average Bonchev–Trinajstić information content (AvgIpc) is 2.97. The second-order valence-corrected chi connectivity index (χ2v) is 4.72. The van der Waals surface area contributed by atoms with Crippen LogP contribution < -0.4 is 10.1 Å². The Labute approximate surface area is 127 Å². The van der Waals surface area contributed by atoms with E-state index in [2.05, 4.69) is 30.9 Å². The van der Waals surface area contributed by atoms with Gasteiger partial charge in [-0.3, -0.25) is 0 Å². The Morgan fingerprint density at radius 1 is 1.09 bits per heavy atom. The number of rotatable bonds is 4. The smallest absolute Gasteiger partial charge is 0.233 e. The maximum atomic E-state index is 5.00. The minimum atomic E-state index is 0.472. The molecule has 0 aliphatic heterocycles. The summed E-state index contributed by atoms with van der Waals surface area (Å²) in [4.78, 5) is 1.43. The second kappa shape index (κ2) is 5.76. The Kier molecular flexibility index (Phi) is 3.65. The summed E-state index contributed by atoms with van der Waals surface area (Å²) in [5, 5.41) is 23.3. The van der Waals surface area contributed by atoms with Gasteiger partial charge in [-0.25, -0.2) is 0 Å². The molecule has 0 bridgehead atoms. The van der Waals surface area contributed by atoms with Crippen molar-refractivity contribution >= 4 is 11.5 Å².